The van der Waals surface area contributed by atoms with Crippen LogP contribution in [-0.2, 0) is 0 Å². The lowest BCUT2D eigenvalue weighted by Gasteiger charge is -2.17. The van der Waals surface area contributed by atoms with Crippen LogP contribution in [0.1, 0.15) is 16.9 Å². The van der Waals surface area contributed by atoms with Crippen LogP contribution in [0.5, 0.6) is 0 Å². The summed E-state index contributed by atoms with van der Waals surface area (Å²) in [6, 6.07) is 12.4. The highest BCUT2D eigenvalue weighted by molar-refractivity contribution is 6.21. The Kier molecular flexibility index (Phi) is 4.84. The minimum atomic E-state index is -0.264. The minimum Gasteiger partial charge on any atom is -0.401 e. The van der Waals surface area contributed by atoms with Crippen LogP contribution in [0.15, 0.2) is 64.9 Å². The molecule has 0 saturated heterocycles. The monoisotopic (exact) mass is 334 g/mol. The van der Waals surface area contributed by atoms with Crippen molar-refractivity contribution in [2.75, 3.05) is 17.2 Å². The molecule has 1 amide bonds. The van der Waals surface area contributed by atoms with Gasteiger partial charge < -0.3 is 21.8 Å². The maximum atomic E-state index is 12.1. The van der Waals surface area contributed by atoms with Gasteiger partial charge >= 0.3 is 0 Å². The number of nitrogens with two attached hydrogens (primary N) is 1. The lowest BCUT2D eigenvalue weighted by Crippen LogP contribution is -2.24. The summed E-state index contributed by atoms with van der Waals surface area (Å²) < 4.78 is 0. The Balaban J connectivity index is 1.68. The number of carbonyl (C=O) groups is 1. The molecule has 1 aromatic heterocycles. The number of carbonyl (C=O) groups excluding carboxylic acids is 1. The van der Waals surface area contributed by atoms with Crippen molar-refractivity contribution in [2.24, 2.45) is 10.7 Å². The lowest BCUT2D eigenvalue weighted by atomic mass is 10.1. The first-order valence-corrected chi connectivity index (χ1v) is 7.81. The molecule has 3 rings (SSSR count). The predicted molar refractivity (Wildman–Crippen MR) is 99.2 cm³/mol. The smallest absolute Gasteiger partial charge is 0.274 e. The van der Waals surface area contributed by atoms with Crippen LogP contribution < -0.4 is 16.4 Å². The SMILES string of the molecule is N=CC1=C(N)CCN=C1Nc1ccc(NC(=O)c2ccccn2)cc1. The Labute approximate surface area is 145 Å². The van der Waals surface area contributed by atoms with Gasteiger partial charge in [0.1, 0.15) is 11.5 Å². The van der Waals surface area contributed by atoms with E-state index in [0.717, 1.165) is 5.69 Å². The summed E-state index contributed by atoms with van der Waals surface area (Å²) in [6.07, 6.45) is 3.45. The first-order valence-electron chi connectivity index (χ1n) is 7.81. The number of nitrogens with one attached hydrogen (secondary N) is 3. The average molecular weight is 334 g/mol. The Morgan fingerprint density at radius 1 is 1.16 bits per heavy atom. The predicted octanol–water partition coefficient (Wildman–Crippen LogP) is 2.41. The third-order valence-electron chi connectivity index (χ3n) is 3.70. The molecule has 1 aliphatic heterocycles. The van der Waals surface area contributed by atoms with E-state index in [1.807, 2.05) is 12.1 Å². The molecule has 0 bridgehead atoms. The van der Waals surface area contributed by atoms with Crippen LogP contribution in [0, 0.1) is 5.41 Å². The van der Waals surface area contributed by atoms with E-state index in [9.17, 15) is 4.79 Å². The van der Waals surface area contributed by atoms with Gasteiger partial charge in [0, 0.05) is 42.4 Å². The largest absolute Gasteiger partial charge is 0.401 e. The summed E-state index contributed by atoms with van der Waals surface area (Å²) in [4.78, 5) is 20.5. The maximum Gasteiger partial charge on any atom is 0.274 e. The Morgan fingerprint density at radius 3 is 2.60 bits per heavy atom. The number of nitrogens with zero attached hydrogens (tertiary/aromatic N) is 2. The van der Waals surface area contributed by atoms with Gasteiger partial charge in [0.15, 0.2) is 0 Å². The van der Waals surface area contributed by atoms with Crippen molar-refractivity contribution >= 4 is 29.3 Å². The second kappa shape index (κ2) is 7.39. The van der Waals surface area contributed by atoms with E-state index in [0.29, 0.717) is 41.5 Å². The van der Waals surface area contributed by atoms with E-state index in [-0.39, 0.29) is 5.91 Å². The average Bonchev–Trinajstić information content (AvgIpc) is 2.64. The zero-order valence-electron chi connectivity index (χ0n) is 13.5. The van der Waals surface area contributed by atoms with Crippen LogP contribution >= 0.6 is 0 Å². The molecule has 7 heteroatoms. The van der Waals surface area contributed by atoms with Gasteiger partial charge in [-0.2, -0.15) is 0 Å². The molecule has 0 radical (unpaired) electrons. The molecule has 25 heavy (non-hydrogen) atoms. The van der Waals surface area contributed by atoms with Gasteiger partial charge in [-0.1, -0.05) is 6.07 Å². The van der Waals surface area contributed by atoms with E-state index in [2.05, 4.69) is 20.6 Å². The zero-order valence-corrected chi connectivity index (χ0v) is 13.5. The van der Waals surface area contributed by atoms with Gasteiger partial charge in [-0.15, -0.1) is 0 Å². The normalized spacial score (nSPS) is 13.8. The summed E-state index contributed by atoms with van der Waals surface area (Å²) in [7, 11) is 0. The molecular weight excluding hydrogens is 316 g/mol. The summed E-state index contributed by atoms with van der Waals surface area (Å²) in [5.74, 6) is 0.323. The number of aliphatic imine (C=N–C) groups is 1. The molecule has 0 unspecified atom stereocenters. The molecule has 0 atom stereocenters. The highest BCUT2D eigenvalue weighted by Gasteiger charge is 2.14. The second-order valence-electron chi connectivity index (χ2n) is 5.44. The lowest BCUT2D eigenvalue weighted by molar-refractivity contribution is 0.102. The summed E-state index contributed by atoms with van der Waals surface area (Å²) in [6.45, 7) is 0.601. The molecule has 0 fully saturated rings. The van der Waals surface area contributed by atoms with E-state index in [4.69, 9.17) is 11.1 Å². The number of amides is 1. The fourth-order valence-electron chi connectivity index (χ4n) is 2.39. The van der Waals surface area contributed by atoms with E-state index in [1.54, 1.807) is 36.5 Å². The fraction of sp³-hybridized carbons (Fsp3) is 0.111. The topological polar surface area (TPSA) is 116 Å². The Hall–Kier alpha value is -3.48. The molecule has 7 nitrogen and oxygen atoms in total. The minimum absolute atomic E-state index is 0.264. The maximum absolute atomic E-state index is 12.1. The number of pyridine rings is 1. The fourth-order valence-corrected chi connectivity index (χ4v) is 2.39. The molecule has 126 valence electrons. The van der Waals surface area contributed by atoms with Crippen molar-refractivity contribution in [2.45, 2.75) is 6.42 Å². The van der Waals surface area contributed by atoms with Crippen LogP contribution in [-0.4, -0.2) is 29.5 Å². The highest BCUT2D eigenvalue weighted by Crippen LogP contribution is 2.17. The quantitative estimate of drug-likeness (QED) is 0.642. The molecular formula is C18H18N6O. The van der Waals surface area contributed by atoms with E-state index >= 15 is 0 Å². The molecule has 0 spiro atoms. The number of aromatic nitrogens is 1. The van der Waals surface area contributed by atoms with Crippen molar-refractivity contribution in [1.82, 2.24) is 4.98 Å². The molecule has 0 saturated carbocycles. The van der Waals surface area contributed by atoms with Crippen LogP contribution in [0.3, 0.4) is 0 Å². The van der Waals surface area contributed by atoms with Crippen molar-refractivity contribution in [1.29, 1.82) is 5.41 Å². The molecule has 1 aromatic carbocycles. The third kappa shape index (κ3) is 3.89. The summed E-state index contributed by atoms with van der Waals surface area (Å²) >= 11 is 0. The highest BCUT2D eigenvalue weighted by atomic mass is 16.1. The van der Waals surface area contributed by atoms with Gasteiger partial charge in [-0.05, 0) is 36.4 Å². The molecule has 1 aliphatic rings. The van der Waals surface area contributed by atoms with E-state index in [1.165, 1.54) is 6.21 Å². The standard InChI is InChI=1S/C18H18N6O/c19-11-14-15(20)8-10-22-17(14)23-12-4-6-13(7-5-12)24-18(25)16-3-1-2-9-21-16/h1-7,9,11,19H,8,10,20H2,(H,22,23)(H,24,25). The second-order valence-corrected chi connectivity index (χ2v) is 5.44. The van der Waals surface area contributed by atoms with Crippen LogP contribution in [0.2, 0.25) is 0 Å². The van der Waals surface area contributed by atoms with Gasteiger partial charge in [0.25, 0.3) is 5.91 Å². The molecule has 5 N–H and O–H groups in total. The van der Waals surface area contributed by atoms with Crippen molar-refractivity contribution in [3.05, 3.63) is 65.6 Å². The number of dihydropyridines is 1. The van der Waals surface area contributed by atoms with Crippen molar-refractivity contribution < 1.29 is 4.79 Å². The van der Waals surface area contributed by atoms with Gasteiger partial charge in [0.2, 0.25) is 0 Å². The number of rotatable bonds is 4. The Morgan fingerprint density at radius 2 is 1.92 bits per heavy atom. The number of benzene rings is 1. The van der Waals surface area contributed by atoms with Crippen molar-refractivity contribution in [3.63, 3.8) is 0 Å². The van der Waals surface area contributed by atoms with Crippen LogP contribution in [0.25, 0.3) is 0 Å². The Bertz CT molecular complexity index is 840. The third-order valence-corrected chi connectivity index (χ3v) is 3.70. The zero-order chi connectivity index (χ0) is 17.6. The summed E-state index contributed by atoms with van der Waals surface area (Å²) in [5, 5.41) is 13.4. The number of hydrogen-bond acceptors (Lipinski definition) is 6. The first-order chi connectivity index (χ1) is 12.2. The van der Waals surface area contributed by atoms with Gasteiger partial charge in [0.05, 0.1) is 5.57 Å². The molecule has 0 aliphatic carbocycles. The molecule has 2 heterocycles. The number of amidine groups is 1. The van der Waals surface area contributed by atoms with Gasteiger partial charge in [-0.3, -0.25) is 14.8 Å². The van der Waals surface area contributed by atoms with Crippen LogP contribution in [0.4, 0.5) is 11.4 Å². The van der Waals surface area contributed by atoms with Crippen molar-refractivity contribution in [3.8, 4) is 0 Å². The molecule has 2 aromatic rings. The first kappa shape index (κ1) is 16.4. The van der Waals surface area contributed by atoms with E-state index < -0.39 is 0 Å². The van der Waals surface area contributed by atoms with Gasteiger partial charge in [-0.25, -0.2) is 0 Å². The number of hydrogen-bond donors (Lipinski definition) is 4. The number of anilines is 2. The summed E-state index contributed by atoms with van der Waals surface area (Å²) in [5.41, 5.74) is 9.01.